The van der Waals surface area contributed by atoms with Crippen LogP contribution in [0.15, 0.2) is 47.4 Å². The van der Waals surface area contributed by atoms with Crippen molar-refractivity contribution in [1.29, 1.82) is 0 Å². The second-order valence-electron chi connectivity index (χ2n) is 6.21. The van der Waals surface area contributed by atoms with Crippen molar-refractivity contribution < 1.29 is 22.7 Å². The number of ether oxygens (including phenoxy) is 2. The molecule has 2 rings (SSSR count). The SMILES string of the molecule is CCCCN(CC)c1cc(C(=O)OC)cc(S(N)(=O)=O)c1Oc1ccccc1. The summed E-state index contributed by atoms with van der Waals surface area (Å²) in [6.45, 7) is 5.28. The van der Waals surface area contributed by atoms with Crippen molar-refractivity contribution >= 4 is 21.7 Å². The Hall–Kier alpha value is -2.58. The van der Waals surface area contributed by atoms with Gasteiger partial charge in [0.15, 0.2) is 5.75 Å². The van der Waals surface area contributed by atoms with Crippen molar-refractivity contribution in [2.24, 2.45) is 5.14 Å². The van der Waals surface area contributed by atoms with E-state index in [1.807, 2.05) is 17.9 Å². The van der Waals surface area contributed by atoms with E-state index in [0.29, 0.717) is 24.5 Å². The van der Waals surface area contributed by atoms with Crippen LogP contribution >= 0.6 is 0 Å². The molecule has 0 aliphatic rings. The zero-order valence-electron chi connectivity index (χ0n) is 16.3. The molecule has 2 aromatic rings. The fraction of sp³-hybridized carbons (Fsp3) is 0.350. The first-order valence-electron chi connectivity index (χ1n) is 9.08. The van der Waals surface area contributed by atoms with Crippen molar-refractivity contribution in [3.63, 3.8) is 0 Å². The van der Waals surface area contributed by atoms with Crippen LogP contribution in [0.25, 0.3) is 0 Å². The topological polar surface area (TPSA) is 98.9 Å². The molecule has 0 aromatic heterocycles. The molecule has 0 bridgehead atoms. The van der Waals surface area contributed by atoms with Crippen LogP contribution < -0.4 is 14.8 Å². The zero-order chi connectivity index (χ0) is 20.7. The first-order chi connectivity index (χ1) is 13.3. The minimum absolute atomic E-state index is 0.0943. The molecule has 0 spiro atoms. The largest absolute Gasteiger partial charge is 0.465 e. The van der Waals surface area contributed by atoms with Gasteiger partial charge >= 0.3 is 5.97 Å². The van der Waals surface area contributed by atoms with Gasteiger partial charge < -0.3 is 14.4 Å². The molecule has 28 heavy (non-hydrogen) atoms. The summed E-state index contributed by atoms with van der Waals surface area (Å²) in [5, 5.41) is 5.45. The summed E-state index contributed by atoms with van der Waals surface area (Å²) >= 11 is 0. The second kappa shape index (κ2) is 9.57. The maximum Gasteiger partial charge on any atom is 0.337 e. The molecule has 0 saturated heterocycles. The van der Waals surface area contributed by atoms with Gasteiger partial charge in [-0.05, 0) is 37.6 Å². The van der Waals surface area contributed by atoms with Crippen LogP contribution in [0.2, 0.25) is 0 Å². The number of primary sulfonamides is 1. The molecule has 152 valence electrons. The third-order valence-corrected chi connectivity index (χ3v) is 5.15. The Morgan fingerprint density at radius 1 is 1.14 bits per heavy atom. The molecule has 0 saturated carbocycles. The summed E-state index contributed by atoms with van der Waals surface area (Å²) in [5.74, 6) is -0.0886. The first kappa shape index (κ1) is 21.7. The number of para-hydroxylation sites is 1. The third kappa shape index (κ3) is 5.24. The zero-order valence-corrected chi connectivity index (χ0v) is 17.2. The van der Waals surface area contributed by atoms with Crippen LogP contribution in [-0.4, -0.2) is 34.6 Å². The molecule has 0 fully saturated rings. The molecule has 0 aliphatic carbocycles. The molecule has 2 N–H and O–H groups in total. The van der Waals surface area contributed by atoms with Gasteiger partial charge in [0, 0.05) is 13.1 Å². The smallest absolute Gasteiger partial charge is 0.337 e. The number of hydrogen-bond acceptors (Lipinski definition) is 6. The molecule has 0 atom stereocenters. The molecule has 0 radical (unpaired) electrons. The van der Waals surface area contributed by atoms with E-state index >= 15 is 0 Å². The van der Waals surface area contributed by atoms with Gasteiger partial charge in [0.05, 0.1) is 18.4 Å². The lowest BCUT2D eigenvalue weighted by Crippen LogP contribution is -2.26. The molecule has 8 heteroatoms. The van der Waals surface area contributed by atoms with Gasteiger partial charge in [-0.1, -0.05) is 31.5 Å². The lowest BCUT2D eigenvalue weighted by molar-refractivity contribution is 0.0600. The molecule has 0 heterocycles. The summed E-state index contributed by atoms with van der Waals surface area (Å²) < 4.78 is 35.3. The van der Waals surface area contributed by atoms with E-state index in [1.165, 1.54) is 13.2 Å². The van der Waals surface area contributed by atoms with Crippen molar-refractivity contribution in [2.75, 3.05) is 25.1 Å². The number of methoxy groups -OCH3 is 1. The summed E-state index contributed by atoms with van der Waals surface area (Å²) in [6.07, 6.45) is 1.86. The van der Waals surface area contributed by atoms with Crippen LogP contribution in [0.4, 0.5) is 5.69 Å². The van der Waals surface area contributed by atoms with E-state index in [1.54, 1.807) is 30.3 Å². The highest BCUT2D eigenvalue weighted by atomic mass is 32.2. The summed E-state index contributed by atoms with van der Waals surface area (Å²) in [4.78, 5) is 13.8. The highest BCUT2D eigenvalue weighted by Gasteiger charge is 2.26. The van der Waals surface area contributed by atoms with E-state index in [4.69, 9.17) is 14.6 Å². The van der Waals surface area contributed by atoms with Crippen LogP contribution in [0.1, 0.15) is 37.0 Å². The maximum absolute atomic E-state index is 12.3. The Morgan fingerprint density at radius 2 is 1.82 bits per heavy atom. The van der Waals surface area contributed by atoms with Crippen LogP contribution in [0, 0.1) is 0 Å². The van der Waals surface area contributed by atoms with Crippen molar-refractivity contribution in [3.8, 4) is 11.5 Å². The normalized spacial score (nSPS) is 11.1. The van der Waals surface area contributed by atoms with Crippen molar-refractivity contribution in [1.82, 2.24) is 0 Å². The van der Waals surface area contributed by atoms with Crippen LogP contribution in [-0.2, 0) is 14.8 Å². The van der Waals surface area contributed by atoms with E-state index < -0.39 is 16.0 Å². The van der Waals surface area contributed by atoms with Gasteiger partial charge in [-0.3, -0.25) is 0 Å². The van der Waals surface area contributed by atoms with Crippen molar-refractivity contribution in [2.45, 2.75) is 31.6 Å². The fourth-order valence-corrected chi connectivity index (χ4v) is 3.47. The van der Waals surface area contributed by atoms with E-state index in [9.17, 15) is 13.2 Å². The van der Waals surface area contributed by atoms with E-state index in [-0.39, 0.29) is 16.2 Å². The molecule has 2 aromatic carbocycles. The standard InChI is InChI=1S/C20H26N2O5S/c1-4-6-12-22(5-2)17-13-15(20(23)26-3)14-18(28(21,24)25)19(17)27-16-10-8-7-9-11-16/h7-11,13-14H,4-6,12H2,1-3H3,(H2,21,24,25). The van der Waals surface area contributed by atoms with Gasteiger partial charge in [0.25, 0.3) is 0 Å². The highest BCUT2D eigenvalue weighted by Crippen LogP contribution is 2.39. The van der Waals surface area contributed by atoms with Gasteiger partial charge in [0.1, 0.15) is 10.6 Å². The number of benzene rings is 2. The molecule has 0 amide bonds. The average Bonchev–Trinajstić information content (AvgIpc) is 2.68. The number of unbranched alkanes of at least 4 members (excludes halogenated alkanes) is 1. The maximum atomic E-state index is 12.3. The first-order valence-corrected chi connectivity index (χ1v) is 10.6. The third-order valence-electron chi connectivity index (χ3n) is 4.23. The van der Waals surface area contributed by atoms with Gasteiger partial charge in [-0.2, -0.15) is 0 Å². The minimum Gasteiger partial charge on any atom is -0.465 e. The number of nitrogens with two attached hydrogens (primary N) is 1. The fourth-order valence-electron chi connectivity index (χ4n) is 2.78. The number of rotatable bonds is 9. The van der Waals surface area contributed by atoms with Crippen molar-refractivity contribution in [3.05, 3.63) is 48.0 Å². The van der Waals surface area contributed by atoms with Gasteiger partial charge in [-0.25, -0.2) is 18.4 Å². The average molecular weight is 407 g/mol. The lowest BCUT2D eigenvalue weighted by atomic mass is 10.1. The number of hydrogen-bond donors (Lipinski definition) is 1. The molecule has 0 aliphatic heterocycles. The quantitative estimate of drug-likeness (QED) is 0.640. The van der Waals surface area contributed by atoms with E-state index in [0.717, 1.165) is 12.8 Å². The van der Waals surface area contributed by atoms with E-state index in [2.05, 4.69) is 6.92 Å². The molecular weight excluding hydrogens is 380 g/mol. The number of sulfonamides is 1. The molecular formula is C20H26N2O5S. The number of carbonyl (C=O) groups is 1. The van der Waals surface area contributed by atoms with Crippen LogP contribution in [0.3, 0.4) is 0 Å². The Kier molecular flexibility index (Phi) is 7.42. The number of nitrogens with zero attached hydrogens (tertiary/aromatic N) is 1. The summed E-state index contributed by atoms with van der Waals surface area (Å²) in [5.41, 5.74) is 0.573. The monoisotopic (exact) mass is 406 g/mol. The minimum atomic E-state index is -4.16. The van der Waals surface area contributed by atoms with Gasteiger partial charge in [0.2, 0.25) is 10.0 Å². The lowest BCUT2D eigenvalue weighted by Gasteiger charge is -2.27. The van der Waals surface area contributed by atoms with Gasteiger partial charge in [-0.15, -0.1) is 0 Å². The number of carbonyl (C=O) groups excluding carboxylic acids is 1. The number of esters is 1. The molecule has 0 unspecified atom stereocenters. The molecule has 7 nitrogen and oxygen atoms in total. The highest BCUT2D eigenvalue weighted by molar-refractivity contribution is 7.89. The Morgan fingerprint density at radius 3 is 2.36 bits per heavy atom. The predicted molar refractivity (Wildman–Crippen MR) is 108 cm³/mol. The van der Waals surface area contributed by atoms with Crippen LogP contribution in [0.5, 0.6) is 11.5 Å². The summed E-state index contributed by atoms with van der Waals surface area (Å²) in [6, 6.07) is 11.6. The number of anilines is 1. The Balaban J connectivity index is 2.73. The summed E-state index contributed by atoms with van der Waals surface area (Å²) in [7, 11) is -2.92. The predicted octanol–water partition coefficient (Wildman–Crippen LogP) is 3.54. The Labute approximate surface area is 166 Å². The Bertz CT molecular complexity index is 914. The second-order valence-corrected chi connectivity index (χ2v) is 7.74.